The monoisotopic (exact) mass is 599 g/mol. The zero-order valence-electron chi connectivity index (χ0n) is 23.8. The van der Waals surface area contributed by atoms with E-state index in [2.05, 4.69) is 11.4 Å². The minimum absolute atomic E-state index is 0.0488. The van der Waals surface area contributed by atoms with Gasteiger partial charge in [0, 0.05) is 29.9 Å². The van der Waals surface area contributed by atoms with Gasteiger partial charge < -0.3 is 15.3 Å². The third-order valence-electron chi connectivity index (χ3n) is 7.08. The van der Waals surface area contributed by atoms with Crippen molar-refractivity contribution in [2.75, 3.05) is 16.9 Å². The van der Waals surface area contributed by atoms with Crippen molar-refractivity contribution in [3.63, 3.8) is 0 Å². The van der Waals surface area contributed by atoms with E-state index in [0.29, 0.717) is 28.1 Å². The summed E-state index contributed by atoms with van der Waals surface area (Å²) in [5, 5.41) is 21.6. The van der Waals surface area contributed by atoms with E-state index in [9.17, 15) is 28.7 Å². The molecular weight excluding hydrogens is 568 g/mol. The fraction of sp³-hybridized carbons (Fsp3) is 0.206. The number of aliphatic carboxylic acids is 1. The Bertz CT molecular complexity index is 1650. The normalized spacial score (nSPS) is 11.4. The highest BCUT2D eigenvalue weighted by Gasteiger charge is 2.23. The van der Waals surface area contributed by atoms with E-state index >= 15 is 0 Å². The molecule has 0 aliphatic carbocycles. The Morgan fingerprint density at radius 3 is 2.40 bits per heavy atom. The number of halogens is 2. The Morgan fingerprint density at radius 2 is 1.72 bits per heavy atom. The minimum Gasteiger partial charge on any atom is -0.480 e. The lowest BCUT2D eigenvalue weighted by molar-refractivity contribution is -0.139. The molecule has 4 aromatic carbocycles. The maximum Gasteiger partial charge on any atom is 0.326 e. The number of carboxylic acids is 1. The van der Waals surface area contributed by atoms with Gasteiger partial charge in [0.1, 0.15) is 17.7 Å². The standard InChI is InChI=1S/C34H31F2N3O3S/c1-22-5-3-4-6-28(22)30-17-24(9-13-29(30)33(40)38-32(34(41)42)15-16-43-2)20-39(27-11-7-23(19-37)8-12-27)21-25-18-26(35)10-14-31(25)36/h3-14,17-18,32H,15-16,20-21H2,1-2H3,(H,38,40)(H,41,42)/t32-/m0/s1. The molecule has 1 atom stereocenters. The number of rotatable bonds is 12. The summed E-state index contributed by atoms with van der Waals surface area (Å²) < 4.78 is 28.7. The summed E-state index contributed by atoms with van der Waals surface area (Å²) in [5.41, 5.74) is 4.81. The predicted octanol–water partition coefficient (Wildman–Crippen LogP) is 6.95. The lowest BCUT2D eigenvalue weighted by atomic mass is 9.93. The van der Waals surface area contributed by atoms with Crippen LogP contribution in [0.2, 0.25) is 0 Å². The van der Waals surface area contributed by atoms with Crippen molar-refractivity contribution in [3.05, 3.63) is 124 Å². The molecule has 0 saturated heterocycles. The molecule has 4 rings (SSSR count). The molecule has 0 unspecified atom stereocenters. The zero-order chi connectivity index (χ0) is 30.9. The van der Waals surface area contributed by atoms with Crippen LogP contribution in [0, 0.1) is 29.9 Å². The smallest absolute Gasteiger partial charge is 0.326 e. The maximum absolute atomic E-state index is 14.7. The molecule has 9 heteroatoms. The molecule has 1 amide bonds. The van der Waals surface area contributed by atoms with E-state index in [4.69, 9.17) is 0 Å². The number of anilines is 1. The van der Waals surface area contributed by atoms with E-state index < -0.39 is 29.6 Å². The van der Waals surface area contributed by atoms with Crippen LogP contribution in [0.15, 0.2) is 84.9 Å². The van der Waals surface area contributed by atoms with Crippen molar-refractivity contribution < 1.29 is 23.5 Å². The van der Waals surface area contributed by atoms with Gasteiger partial charge in [0.2, 0.25) is 0 Å². The quantitative estimate of drug-likeness (QED) is 0.183. The van der Waals surface area contributed by atoms with Gasteiger partial charge >= 0.3 is 5.97 Å². The minimum atomic E-state index is -1.10. The zero-order valence-corrected chi connectivity index (χ0v) is 24.6. The van der Waals surface area contributed by atoms with Gasteiger partial charge in [-0.1, -0.05) is 30.3 Å². The first-order chi connectivity index (χ1) is 20.7. The van der Waals surface area contributed by atoms with E-state index in [1.165, 1.54) is 11.8 Å². The van der Waals surface area contributed by atoms with Crippen molar-refractivity contribution >= 4 is 29.3 Å². The SMILES string of the molecule is CSCC[C@H](NC(=O)c1ccc(CN(Cc2cc(F)ccc2F)c2ccc(C#N)cc2)cc1-c1ccccc1C)C(=O)O. The molecule has 0 saturated carbocycles. The molecule has 0 bridgehead atoms. The van der Waals surface area contributed by atoms with Crippen molar-refractivity contribution in [2.45, 2.75) is 32.5 Å². The second kappa shape index (κ2) is 14.5. The van der Waals surface area contributed by atoms with Crippen LogP contribution in [0.3, 0.4) is 0 Å². The first-order valence-corrected chi connectivity index (χ1v) is 15.0. The average Bonchev–Trinajstić information content (AvgIpc) is 3.00. The number of carbonyl (C=O) groups excluding carboxylic acids is 1. The molecule has 0 heterocycles. The molecule has 6 nitrogen and oxygen atoms in total. The van der Waals surface area contributed by atoms with Crippen molar-refractivity contribution in [1.82, 2.24) is 5.32 Å². The van der Waals surface area contributed by atoms with Gasteiger partial charge in [-0.25, -0.2) is 13.6 Å². The summed E-state index contributed by atoms with van der Waals surface area (Å²) >= 11 is 1.50. The van der Waals surface area contributed by atoms with E-state index in [1.54, 1.807) is 36.4 Å². The number of amides is 1. The van der Waals surface area contributed by atoms with Crippen LogP contribution in [0.5, 0.6) is 0 Å². The highest BCUT2D eigenvalue weighted by atomic mass is 32.2. The maximum atomic E-state index is 14.7. The number of hydrogen-bond donors (Lipinski definition) is 2. The number of nitriles is 1. The fourth-order valence-corrected chi connectivity index (χ4v) is 5.26. The molecule has 0 aliphatic heterocycles. The van der Waals surface area contributed by atoms with Gasteiger partial charge in [0.25, 0.3) is 5.91 Å². The number of carboxylic acid groups (broad SMARTS) is 1. The highest BCUT2D eigenvalue weighted by molar-refractivity contribution is 7.98. The first-order valence-electron chi connectivity index (χ1n) is 13.6. The topological polar surface area (TPSA) is 93.4 Å². The molecule has 0 aliphatic rings. The summed E-state index contributed by atoms with van der Waals surface area (Å²) in [4.78, 5) is 27.1. The van der Waals surface area contributed by atoms with Gasteiger partial charge in [0.15, 0.2) is 0 Å². The Labute approximate surface area is 254 Å². The van der Waals surface area contributed by atoms with Crippen LogP contribution < -0.4 is 10.2 Å². The van der Waals surface area contributed by atoms with Crippen LogP contribution in [0.1, 0.15) is 39.0 Å². The summed E-state index contributed by atoms with van der Waals surface area (Å²) in [5.74, 6) is -2.10. The second-order valence-electron chi connectivity index (χ2n) is 10.1. The van der Waals surface area contributed by atoms with Gasteiger partial charge in [-0.05, 0) is 102 Å². The van der Waals surface area contributed by atoms with Crippen LogP contribution in [-0.4, -0.2) is 35.0 Å². The van der Waals surface area contributed by atoms with Gasteiger partial charge in [-0.15, -0.1) is 0 Å². The van der Waals surface area contributed by atoms with E-state index in [-0.39, 0.29) is 25.1 Å². The number of benzene rings is 4. The lowest BCUT2D eigenvalue weighted by Crippen LogP contribution is -2.41. The Hall–Kier alpha value is -4.68. The Balaban J connectivity index is 1.75. The Morgan fingerprint density at radius 1 is 0.977 bits per heavy atom. The summed E-state index contributed by atoms with van der Waals surface area (Å²) in [6.45, 7) is 2.25. The van der Waals surface area contributed by atoms with Crippen LogP contribution in [-0.2, 0) is 17.9 Å². The van der Waals surface area contributed by atoms with Crippen LogP contribution in [0.4, 0.5) is 14.5 Å². The summed E-state index contributed by atoms with van der Waals surface area (Å²) in [6.07, 6.45) is 2.16. The lowest BCUT2D eigenvalue weighted by Gasteiger charge is -2.26. The number of thioether (sulfide) groups is 1. The van der Waals surface area contributed by atoms with Gasteiger partial charge in [0.05, 0.1) is 11.6 Å². The third-order valence-corrected chi connectivity index (χ3v) is 7.73. The largest absolute Gasteiger partial charge is 0.480 e. The predicted molar refractivity (Wildman–Crippen MR) is 166 cm³/mol. The van der Waals surface area contributed by atoms with Crippen molar-refractivity contribution in [1.29, 1.82) is 5.26 Å². The van der Waals surface area contributed by atoms with Crippen LogP contribution >= 0.6 is 11.8 Å². The molecule has 43 heavy (non-hydrogen) atoms. The van der Waals surface area contributed by atoms with E-state index in [1.807, 2.05) is 48.4 Å². The molecule has 4 aromatic rings. The highest BCUT2D eigenvalue weighted by Crippen LogP contribution is 2.30. The van der Waals surface area contributed by atoms with Crippen molar-refractivity contribution in [2.24, 2.45) is 0 Å². The van der Waals surface area contributed by atoms with Crippen LogP contribution in [0.25, 0.3) is 11.1 Å². The van der Waals surface area contributed by atoms with Gasteiger partial charge in [-0.3, -0.25) is 4.79 Å². The molecule has 0 radical (unpaired) electrons. The molecule has 0 fully saturated rings. The summed E-state index contributed by atoms with van der Waals surface area (Å²) in [6, 6.07) is 24.1. The molecule has 0 aromatic heterocycles. The second-order valence-corrected chi connectivity index (χ2v) is 11.1. The van der Waals surface area contributed by atoms with Gasteiger partial charge in [-0.2, -0.15) is 17.0 Å². The number of nitrogens with one attached hydrogen (secondary N) is 1. The fourth-order valence-electron chi connectivity index (χ4n) is 4.79. The number of carbonyl (C=O) groups is 2. The number of nitrogens with zero attached hydrogens (tertiary/aromatic N) is 2. The number of hydrogen-bond acceptors (Lipinski definition) is 5. The number of aryl methyl sites for hydroxylation is 1. The summed E-state index contributed by atoms with van der Waals surface area (Å²) in [7, 11) is 0. The Kier molecular flexibility index (Phi) is 10.5. The molecular formula is C34H31F2N3O3S. The molecule has 220 valence electrons. The van der Waals surface area contributed by atoms with E-state index in [0.717, 1.165) is 34.9 Å². The average molecular weight is 600 g/mol. The molecule has 2 N–H and O–H groups in total. The molecule has 0 spiro atoms. The third kappa shape index (κ3) is 7.99. The first kappa shape index (κ1) is 31.3. The van der Waals surface area contributed by atoms with Crippen molar-refractivity contribution in [3.8, 4) is 17.2 Å².